The van der Waals surface area contributed by atoms with E-state index in [0.29, 0.717) is 0 Å². The van der Waals surface area contributed by atoms with Crippen LogP contribution in [0.4, 0.5) is 0 Å². The normalized spacial score (nSPS) is 12.9. The summed E-state index contributed by atoms with van der Waals surface area (Å²) in [5.74, 6) is 0. The van der Waals surface area contributed by atoms with Crippen molar-refractivity contribution >= 4 is 0 Å². The second kappa shape index (κ2) is 4.49. The minimum atomic E-state index is 0.120. The maximum atomic E-state index is 5.79. The molecule has 0 radical (unpaired) electrons. The van der Waals surface area contributed by atoms with Crippen LogP contribution in [0.5, 0.6) is 0 Å². The van der Waals surface area contributed by atoms with E-state index < -0.39 is 0 Å². The van der Waals surface area contributed by atoms with Crippen LogP contribution in [0.25, 0.3) is 11.3 Å². The highest BCUT2D eigenvalue weighted by atomic mass is 15.3. The van der Waals surface area contributed by atoms with Crippen LogP contribution in [0.3, 0.4) is 0 Å². The molecule has 0 aliphatic heterocycles. The summed E-state index contributed by atoms with van der Waals surface area (Å²) >= 11 is 0. The fourth-order valence-electron chi connectivity index (χ4n) is 1.69. The number of aromatic nitrogens is 4. The fraction of sp³-hybridized carbons (Fsp3) is 0.455. The number of imidazole rings is 1. The number of hydrogen-bond acceptors (Lipinski definition) is 3. The van der Waals surface area contributed by atoms with E-state index in [2.05, 4.69) is 21.6 Å². The molecule has 2 aromatic rings. The molecule has 0 fully saturated rings. The van der Waals surface area contributed by atoms with E-state index in [1.165, 1.54) is 0 Å². The quantitative estimate of drug-likeness (QED) is 0.838. The molecule has 0 bridgehead atoms. The highest BCUT2D eigenvalue weighted by Crippen LogP contribution is 2.18. The van der Waals surface area contributed by atoms with Crippen LogP contribution >= 0.6 is 0 Å². The first-order valence-corrected chi connectivity index (χ1v) is 5.49. The van der Waals surface area contributed by atoms with Crippen molar-refractivity contribution in [2.45, 2.75) is 33.0 Å². The van der Waals surface area contributed by atoms with E-state index in [-0.39, 0.29) is 6.04 Å². The van der Waals surface area contributed by atoms with Gasteiger partial charge in [-0.05, 0) is 13.8 Å². The third-order valence-corrected chi connectivity index (χ3v) is 2.45. The molecule has 0 saturated heterocycles. The van der Waals surface area contributed by atoms with E-state index in [9.17, 15) is 0 Å². The van der Waals surface area contributed by atoms with Gasteiger partial charge in [0.2, 0.25) is 0 Å². The Labute approximate surface area is 94.9 Å². The molecule has 2 heterocycles. The van der Waals surface area contributed by atoms with E-state index >= 15 is 0 Å². The van der Waals surface area contributed by atoms with Crippen LogP contribution in [0.1, 0.15) is 13.8 Å². The van der Waals surface area contributed by atoms with Crippen LogP contribution in [0.15, 0.2) is 24.9 Å². The van der Waals surface area contributed by atoms with Crippen molar-refractivity contribution in [2.24, 2.45) is 5.73 Å². The molecule has 5 heteroatoms. The predicted octanol–water partition coefficient (Wildman–Crippen LogP) is 1.11. The lowest BCUT2D eigenvalue weighted by atomic mass is 10.2. The average Bonchev–Trinajstić information content (AvgIpc) is 2.84. The Kier molecular flexibility index (Phi) is 3.05. The lowest BCUT2D eigenvalue weighted by Crippen LogP contribution is -2.22. The number of hydrogen-bond donors (Lipinski definition) is 1. The Bertz CT molecular complexity index is 454. The Hall–Kier alpha value is -1.62. The lowest BCUT2D eigenvalue weighted by Gasteiger charge is -2.09. The van der Waals surface area contributed by atoms with E-state index in [4.69, 9.17) is 5.73 Å². The van der Waals surface area contributed by atoms with Gasteiger partial charge in [0.1, 0.15) is 0 Å². The fourth-order valence-corrected chi connectivity index (χ4v) is 1.69. The molecule has 0 aliphatic carbocycles. The summed E-state index contributed by atoms with van der Waals surface area (Å²) in [6.45, 7) is 5.70. The topological polar surface area (TPSA) is 61.7 Å². The van der Waals surface area contributed by atoms with Crippen LogP contribution < -0.4 is 5.73 Å². The van der Waals surface area contributed by atoms with Gasteiger partial charge in [-0.3, -0.25) is 4.68 Å². The molecule has 16 heavy (non-hydrogen) atoms. The third kappa shape index (κ3) is 2.14. The maximum absolute atomic E-state index is 5.79. The minimum absolute atomic E-state index is 0.120. The van der Waals surface area contributed by atoms with E-state index in [1.54, 1.807) is 0 Å². The van der Waals surface area contributed by atoms with Gasteiger partial charge in [-0.25, -0.2) is 4.98 Å². The summed E-state index contributed by atoms with van der Waals surface area (Å²) in [4.78, 5) is 4.16. The van der Waals surface area contributed by atoms with Crippen molar-refractivity contribution in [1.29, 1.82) is 0 Å². The molecule has 2 rings (SSSR count). The van der Waals surface area contributed by atoms with Crippen molar-refractivity contribution in [2.75, 3.05) is 0 Å². The smallest absolute Gasteiger partial charge is 0.0951 e. The highest BCUT2D eigenvalue weighted by molar-refractivity contribution is 5.56. The zero-order valence-electron chi connectivity index (χ0n) is 9.67. The Morgan fingerprint density at radius 3 is 2.88 bits per heavy atom. The number of aryl methyl sites for hydroxylation is 1. The van der Waals surface area contributed by atoms with Gasteiger partial charge < -0.3 is 10.3 Å². The number of nitrogens with two attached hydrogens (primary N) is 1. The Balaban J connectivity index is 2.29. The first kappa shape index (κ1) is 10.9. The second-order valence-corrected chi connectivity index (χ2v) is 3.99. The molecule has 0 saturated carbocycles. The summed E-state index contributed by atoms with van der Waals surface area (Å²) in [7, 11) is 0. The Morgan fingerprint density at radius 2 is 2.25 bits per heavy atom. The average molecular weight is 219 g/mol. The molecule has 2 aromatic heterocycles. The van der Waals surface area contributed by atoms with Crippen molar-refractivity contribution in [3.63, 3.8) is 0 Å². The summed E-state index contributed by atoms with van der Waals surface area (Å²) in [5.41, 5.74) is 7.94. The summed E-state index contributed by atoms with van der Waals surface area (Å²) in [6, 6.07) is 0.120. The molecular formula is C11H17N5. The standard InChI is InChI=1S/C11H17N5/c1-3-16-7-10(4-14-16)11-5-13-8-15(11)6-9(2)12/h4-5,7-9H,3,6,12H2,1-2H3. The van der Waals surface area contributed by atoms with Crippen LogP contribution in [-0.4, -0.2) is 25.4 Å². The number of nitrogens with zero attached hydrogens (tertiary/aromatic N) is 4. The first-order chi connectivity index (χ1) is 7.70. The SMILES string of the molecule is CCn1cc(-c2cncn2CC(C)N)cn1. The lowest BCUT2D eigenvalue weighted by molar-refractivity contribution is 0.593. The van der Waals surface area contributed by atoms with Gasteiger partial charge in [-0.1, -0.05) is 0 Å². The molecule has 0 aromatic carbocycles. The van der Waals surface area contributed by atoms with Crippen LogP contribution in [0.2, 0.25) is 0 Å². The van der Waals surface area contributed by atoms with Crippen molar-refractivity contribution in [3.8, 4) is 11.3 Å². The third-order valence-electron chi connectivity index (χ3n) is 2.45. The van der Waals surface area contributed by atoms with Gasteiger partial charge in [0.05, 0.1) is 24.4 Å². The van der Waals surface area contributed by atoms with Gasteiger partial charge in [-0.2, -0.15) is 5.10 Å². The second-order valence-electron chi connectivity index (χ2n) is 3.99. The zero-order chi connectivity index (χ0) is 11.5. The Morgan fingerprint density at radius 1 is 1.44 bits per heavy atom. The highest BCUT2D eigenvalue weighted by Gasteiger charge is 2.08. The van der Waals surface area contributed by atoms with Gasteiger partial charge in [0, 0.05) is 30.9 Å². The zero-order valence-corrected chi connectivity index (χ0v) is 9.67. The van der Waals surface area contributed by atoms with E-state index in [1.807, 2.05) is 36.5 Å². The first-order valence-electron chi connectivity index (χ1n) is 5.49. The van der Waals surface area contributed by atoms with Gasteiger partial charge in [0.15, 0.2) is 0 Å². The molecule has 1 unspecified atom stereocenters. The van der Waals surface area contributed by atoms with Gasteiger partial charge in [0.25, 0.3) is 0 Å². The molecular weight excluding hydrogens is 202 g/mol. The van der Waals surface area contributed by atoms with Crippen molar-refractivity contribution < 1.29 is 0 Å². The molecule has 0 amide bonds. The van der Waals surface area contributed by atoms with Crippen LogP contribution in [-0.2, 0) is 13.1 Å². The van der Waals surface area contributed by atoms with Crippen molar-refractivity contribution in [3.05, 3.63) is 24.9 Å². The van der Waals surface area contributed by atoms with Gasteiger partial charge >= 0.3 is 0 Å². The number of rotatable bonds is 4. The largest absolute Gasteiger partial charge is 0.329 e. The molecule has 2 N–H and O–H groups in total. The monoisotopic (exact) mass is 219 g/mol. The minimum Gasteiger partial charge on any atom is -0.329 e. The molecule has 5 nitrogen and oxygen atoms in total. The molecule has 0 spiro atoms. The molecule has 1 atom stereocenters. The predicted molar refractivity (Wildman–Crippen MR) is 62.8 cm³/mol. The van der Waals surface area contributed by atoms with Gasteiger partial charge in [-0.15, -0.1) is 0 Å². The molecule has 0 aliphatic rings. The van der Waals surface area contributed by atoms with Crippen LogP contribution in [0, 0.1) is 0 Å². The maximum Gasteiger partial charge on any atom is 0.0951 e. The summed E-state index contributed by atoms with van der Waals surface area (Å²) < 4.78 is 3.96. The van der Waals surface area contributed by atoms with E-state index in [0.717, 1.165) is 24.3 Å². The van der Waals surface area contributed by atoms with Crippen molar-refractivity contribution in [1.82, 2.24) is 19.3 Å². The summed E-state index contributed by atoms with van der Waals surface area (Å²) in [6.07, 6.45) is 7.54. The molecule has 86 valence electrons. The summed E-state index contributed by atoms with van der Waals surface area (Å²) in [5, 5.41) is 4.26.